The summed E-state index contributed by atoms with van der Waals surface area (Å²) in [6.07, 6.45) is 0. The molecule has 0 amide bonds. The van der Waals surface area contributed by atoms with Crippen LogP contribution < -0.4 is 11.2 Å². The number of nitrogens with one attached hydrogen (secondary N) is 1. The highest BCUT2D eigenvalue weighted by Gasteiger charge is 2.44. The molecule has 0 aromatic heterocycles. The fourth-order valence-electron chi connectivity index (χ4n) is 1.70. The lowest BCUT2D eigenvalue weighted by atomic mass is 10.2. The first-order chi connectivity index (χ1) is 10.6. The van der Waals surface area contributed by atoms with Gasteiger partial charge in [0.2, 0.25) is 0 Å². The van der Waals surface area contributed by atoms with E-state index in [9.17, 15) is 4.79 Å². The molecule has 5 nitrogen and oxygen atoms in total. The van der Waals surface area contributed by atoms with Crippen LogP contribution in [-0.2, 0) is 16.1 Å². The van der Waals surface area contributed by atoms with Gasteiger partial charge in [-0.2, -0.15) is 5.10 Å². The number of hydrazone groups is 1. The van der Waals surface area contributed by atoms with Crippen molar-refractivity contribution in [2.45, 2.75) is 45.5 Å². The Hall–Kier alpha value is -1.73. The summed E-state index contributed by atoms with van der Waals surface area (Å²) in [6, 6.07) is 9.54. The van der Waals surface area contributed by atoms with Gasteiger partial charge >= 0.3 is 5.97 Å². The Balaban J connectivity index is 2.98. The van der Waals surface area contributed by atoms with E-state index >= 15 is 0 Å². The van der Waals surface area contributed by atoms with Gasteiger partial charge in [-0.1, -0.05) is 64.2 Å². The van der Waals surface area contributed by atoms with E-state index in [1.807, 2.05) is 30.3 Å². The van der Waals surface area contributed by atoms with Crippen molar-refractivity contribution in [3.8, 4) is 0 Å². The van der Waals surface area contributed by atoms with Crippen molar-refractivity contribution in [1.29, 1.82) is 0 Å². The van der Waals surface area contributed by atoms with Gasteiger partial charge in [-0.15, -0.1) is 0 Å². The molecule has 0 unspecified atom stereocenters. The summed E-state index contributed by atoms with van der Waals surface area (Å²) in [5, 5.41) is 4.51. The van der Waals surface area contributed by atoms with Gasteiger partial charge < -0.3 is 10.5 Å². The van der Waals surface area contributed by atoms with E-state index in [-0.39, 0.29) is 16.8 Å². The molecule has 1 rings (SSSR count). The SMILES string of the molecule is CC(C)(C)[Si](C)(C)/C(=N/NC(N)=S)C(=O)OCc1ccccc1. The molecule has 0 aliphatic rings. The van der Waals surface area contributed by atoms with Crippen LogP contribution >= 0.6 is 12.2 Å². The molecule has 0 fully saturated rings. The normalized spacial score (nSPS) is 12.7. The van der Waals surface area contributed by atoms with Gasteiger partial charge in [0.25, 0.3) is 0 Å². The molecule has 1 aromatic carbocycles. The fourth-order valence-corrected chi connectivity index (χ4v) is 3.37. The quantitative estimate of drug-likeness (QED) is 0.280. The number of ether oxygens (including phenoxy) is 1. The Kier molecular flexibility index (Phi) is 6.46. The minimum atomic E-state index is -2.20. The number of nitrogens with two attached hydrogens (primary N) is 1. The third-order valence-electron chi connectivity index (χ3n) is 4.15. The predicted octanol–water partition coefficient (Wildman–Crippen LogP) is 2.97. The highest BCUT2D eigenvalue weighted by molar-refractivity contribution is 7.80. The number of carbonyl (C=O) groups is 1. The maximum absolute atomic E-state index is 12.6. The Morgan fingerprint density at radius 2 is 1.87 bits per heavy atom. The molecule has 0 atom stereocenters. The Bertz CT molecular complexity index is 595. The van der Waals surface area contributed by atoms with E-state index in [0.717, 1.165) is 5.56 Å². The second-order valence-corrected chi connectivity index (χ2v) is 12.5. The Morgan fingerprint density at radius 3 is 2.35 bits per heavy atom. The van der Waals surface area contributed by atoms with Crippen LogP contribution in [0.4, 0.5) is 0 Å². The van der Waals surface area contributed by atoms with Crippen LogP contribution in [-0.4, -0.2) is 24.5 Å². The molecule has 0 bridgehead atoms. The average molecular weight is 352 g/mol. The van der Waals surface area contributed by atoms with E-state index in [1.165, 1.54) is 0 Å². The largest absolute Gasteiger partial charge is 0.457 e. The van der Waals surface area contributed by atoms with Gasteiger partial charge in [0.1, 0.15) is 20.0 Å². The van der Waals surface area contributed by atoms with Crippen molar-refractivity contribution in [2.24, 2.45) is 10.8 Å². The number of hydrogen-bond donors (Lipinski definition) is 2. The molecule has 0 radical (unpaired) electrons. The van der Waals surface area contributed by atoms with Crippen molar-refractivity contribution >= 4 is 36.7 Å². The van der Waals surface area contributed by atoms with Crippen molar-refractivity contribution in [2.75, 3.05) is 0 Å². The number of benzene rings is 1. The first-order valence-electron chi connectivity index (χ1n) is 7.40. The van der Waals surface area contributed by atoms with Gasteiger partial charge in [0.05, 0.1) is 0 Å². The maximum atomic E-state index is 12.6. The van der Waals surface area contributed by atoms with E-state index in [0.29, 0.717) is 5.33 Å². The molecule has 0 saturated heterocycles. The van der Waals surface area contributed by atoms with Crippen LogP contribution in [0, 0.1) is 0 Å². The molecule has 23 heavy (non-hydrogen) atoms. The molecule has 0 aliphatic heterocycles. The van der Waals surface area contributed by atoms with Gasteiger partial charge in [0, 0.05) is 0 Å². The summed E-state index contributed by atoms with van der Waals surface area (Å²) in [7, 11) is -2.20. The topological polar surface area (TPSA) is 76.7 Å². The van der Waals surface area contributed by atoms with Crippen LogP contribution in [0.15, 0.2) is 35.4 Å². The first kappa shape index (κ1) is 19.3. The van der Waals surface area contributed by atoms with E-state index in [1.54, 1.807) is 0 Å². The summed E-state index contributed by atoms with van der Waals surface area (Å²) < 4.78 is 5.44. The number of carbonyl (C=O) groups excluding carboxylic acids is 1. The molecule has 3 N–H and O–H groups in total. The van der Waals surface area contributed by atoms with Crippen molar-refractivity contribution in [3.63, 3.8) is 0 Å². The molecule has 0 saturated carbocycles. The average Bonchev–Trinajstić information content (AvgIpc) is 2.44. The second-order valence-electron chi connectivity index (χ2n) is 6.87. The molecule has 0 heterocycles. The van der Waals surface area contributed by atoms with Crippen LogP contribution in [0.3, 0.4) is 0 Å². The highest BCUT2D eigenvalue weighted by Crippen LogP contribution is 2.37. The van der Waals surface area contributed by atoms with Gasteiger partial charge in [-0.25, -0.2) is 4.79 Å². The first-order valence-corrected chi connectivity index (χ1v) is 10.8. The summed E-state index contributed by atoms with van der Waals surface area (Å²) in [5.41, 5.74) is 8.90. The minimum Gasteiger partial charge on any atom is -0.457 e. The fraction of sp³-hybridized carbons (Fsp3) is 0.438. The van der Waals surface area contributed by atoms with E-state index in [2.05, 4.69) is 44.4 Å². The second kappa shape index (κ2) is 7.70. The number of nitrogens with zero attached hydrogens (tertiary/aromatic N) is 1. The highest BCUT2D eigenvalue weighted by atomic mass is 32.1. The summed E-state index contributed by atoms with van der Waals surface area (Å²) in [4.78, 5) is 12.6. The predicted molar refractivity (Wildman–Crippen MR) is 101 cm³/mol. The van der Waals surface area contributed by atoms with Crippen molar-refractivity contribution in [1.82, 2.24) is 5.43 Å². The maximum Gasteiger partial charge on any atom is 0.350 e. The summed E-state index contributed by atoms with van der Waals surface area (Å²) in [6.45, 7) is 10.7. The van der Waals surface area contributed by atoms with Gasteiger partial charge in [-0.3, -0.25) is 5.43 Å². The smallest absolute Gasteiger partial charge is 0.350 e. The minimum absolute atomic E-state index is 0.0251. The molecular weight excluding hydrogens is 326 g/mol. The Morgan fingerprint density at radius 1 is 1.30 bits per heavy atom. The summed E-state index contributed by atoms with van der Waals surface area (Å²) in [5.74, 6) is -0.427. The summed E-state index contributed by atoms with van der Waals surface area (Å²) >= 11 is 4.78. The molecule has 0 spiro atoms. The monoisotopic (exact) mass is 351 g/mol. The van der Waals surface area contributed by atoms with E-state index in [4.69, 9.17) is 22.7 Å². The molecular formula is C16H25N3O2SSi. The van der Waals surface area contributed by atoms with Crippen molar-refractivity contribution in [3.05, 3.63) is 35.9 Å². The van der Waals surface area contributed by atoms with Crippen LogP contribution in [0.5, 0.6) is 0 Å². The van der Waals surface area contributed by atoms with E-state index < -0.39 is 14.0 Å². The zero-order chi connectivity index (χ0) is 17.7. The zero-order valence-electron chi connectivity index (χ0n) is 14.3. The van der Waals surface area contributed by atoms with Crippen molar-refractivity contribution < 1.29 is 9.53 Å². The lowest BCUT2D eigenvalue weighted by Gasteiger charge is -2.36. The molecule has 0 aliphatic carbocycles. The number of esters is 1. The van der Waals surface area contributed by atoms with Crippen LogP contribution in [0.25, 0.3) is 0 Å². The lowest BCUT2D eigenvalue weighted by Crippen LogP contribution is -2.51. The Labute approximate surface area is 144 Å². The third kappa shape index (κ3) is 5.44. The number of hydrogen-bond acceptors (Lipinski definition) is 4. The van der Waals surface area contributed by atoms with Gasteiger partial charge in [0.15, 0.2) is 5.11 Å². The molecule has 7 heteroatoms. The van der Waals surface area contributed by atoms with Crippen LogP contribution in [0.1, 0.15) is 26.3 Å². The zero-order valence-corrected chi connectivity index (χ0v) is 16.2. The lowest BCUT2D eigenvalue weighted by molar-refractivity contribution is -0.136. The van der Waals surface area contributed by atoms with Crippen LogP contribution in [0.2, 0.25) is 18.1 Å². The number of rotatable bonds is 5. The number of thiocarbonyl (C=S) groups is 1. The standard InChI is InChI=1S/C16H25N3O2SSi/c1-16(2,3)23(4,5)13(18-19-15(17)22)14(20)21-11-12-9-7-6-8-10-12/h6-10H,11H2,1-5H3,(H3,17,19,22)/b18-13+. The third-order valence-corrected chi connectivity index (χ3v) is 9.49. The molecule has 1 aromatic rings. The molecule has 126 valence electrons. The van der Waals surface area contributed by atoms with Gasteiger partial charge in [-0.05, 0) is 22.8 Å².